The zero-order valence-electron chi connectivity index (χ0n) is 12.5. The predicted molar refractivity (Wildman–Crippen MR) is 75.6 cm³/mol. The molecule has 0 aromatic heterocycles. The molecule has 112 valence electrons. The molecule has 0 radical (unpaired) electrons. The van der Waals surface area contributed by atoms with Gasteiger partial charge in [0.25, 0.3) is 0 Å². The Morgan fingerprint density at radius 2 is 1.84 bits per heavy atom. The molecule has 0 fully saturated rings. The van der Waals surface area contributed by atoms with Gasteiger partial charge in [-0.15, -0.1) is 0 Å². The van der Waals surface area contributed by atoms with Crippen LogP contribution >= 0.6 is 0 Å². The van der Waals surface area contributed by atoms with E-state index in [9.17, 15) is 9.59 Å². The highest BCUT2D eigenvalue weighted by Crippen LogP contribution is 2.15. The smallest absolute Gasteiger partial charge is 0.303 e. The lowest BCUT2D eigenvalue weighted by molar-refractivity contribution is -0.138. The number of carboxylic acids is 1. The number of nitrogens with one attached hydrogen (secondary N) is 1. The van der Waals surface area contributed by atoms with E-state index in [-0.39, 0.29) is 24.2 Å². The highest BCUT2D eigenvalue weighted by Gasteiger charge is 2.21. The first-order valence-corrected chi connectivity index (χ1v) is 7.02. The number of rotatable bonds is 9. The Labute approximate surface area is 115 Å². The van der Waals surface area contributed by atoms with Gasteiger partial charge in [0.05, 0.1) is 6.04 Å². The van der Waals surface area contributed by atoms with Crippen molar-refractivity contribution in [2.24, 2.45) is 23.5 Å². The Morgan fingerprint density at radius 3 is 2.26 bits per heavy atom. The van der Waals surface area contributed by atoms with E-state index < -0.39 is 12.0 Å². The molecule has 0 aromatic carbocycles. The molecule has 0 spiro atoms. The molecule has 0 aliphatic rings. The molecule has 0 saturated heterocycles. The molecule has 1 amide bonds. The molecule has 0 aromatic rings. The third-order valence-corrected chi connectivity index (χ3v) is 3.39. The largest absolute Gasteiger partial charge is 0.481 e. The second kappa shape index (κ2) is 8.91. The Hall–Kier alpha value is -1.10. The predicted octanol–water partition coefficient (Wildman–Crippen LogP) is 1.61. The summed E-state index contributed by atoms with van der Waals surface area (Å²) in [7, 11) is 0. The third kappa shape index (κ3) is 7.82. The van der Waals surface area contributed by atoms with Crippen molar-refractivity contribution in [3.63, 3.8) is 0 Å². The highest BCUT2D eigenvalue weighted by molar-refractivity contribution is 5.81. The Balaban J connectivity index is 4.29. The van der Waals surface area contributed by atoms with Gasteiger partial charge < -0.3 is 16.2 Å². The number of amides is 1. The van der Waals surface area contributed by atoms with E-state index in [4.69, 9.17) is 10.8 Å². The number of aliphatic carboxylic acids is 1. The Bertz CT molecular complexity index is 292. The minimum absolute atomic E-state index is 0.0365. The van der Waals surface area contributed by atoms with Crippen LogP contribution in [0.4, 0.5) is 0 Å². The molecule has 5 heteroatoms. The van der Waals surface area contributed by atoms with Crippen LogP contribution in [0.3, 0.4) is 0 Å². The maximum Gasteiger partial charge on any atom is 0.303 e. The Morgan fingerprint density at radius 1 is 1.26 bits per heavy atom. The first-order chi connectivity index (χ1) is 8.77. The van der Waals surface area contributed by atoms with Gasteiger partial charge in [0.2, 0.25) is 5.91 Å². The van der Waals surface area contributed by atoms with E-state index in [1.807, 2.05) is 27.7 Å². The van der Waals surface area contributed by atoms with Crippen molar-refractivity contribution in [2.75, 3.05) is 6.54 Å². The summed E-state index contributed by atoms with van der Waals surface area (Å²) in [4.78, 5) is 22.6. The average Bonchev–Trinajstić information content (AvgIpc) is 2.32. The van der Waals surface area contributed by atoms with Gasteiger partial charge in [-0.2, -0.15) is 0 Å². The molecular formula is C14H28N2O3. The van der Waals surface area contributed by atoms with Crippen molar-refractivity contribution in [1.29, 1.82) is 0 Å². The lowest BCUT2D eigenvalue weighted by Gasteiger charge is -2.21. The standard InChI is InChI=1S/C14H28N2O3/c1-5-10(4)13(15)14(19)16-8-11(6-9(2)3)7-12(17)18/h9-11,13H,5-8,15H2,1-4H3,(H,16,19)(H,17,18)/t10?,11?,13-/m0/s1. The normalized spacial score (nSPS) is 15.9. The topological polar surface area (TPSA) is 92.4 Å². The summed E-state index contributed by atoms with van der Waals surface area (Å²) in [5, 5.41) is 11.6. The number of nitrogens with two attached hydrogens (primary N) is 1. The summed E-state index contributed by atoms with van der Waals surface area (Å²) in [5.41, 5.74) is 5.83. The molecule has 5 nitrogen and oxygen atoms in total. The van der Waals surface area contributed by atoms with Crippen LogP contribution in [-0.2, 0) is 9.59 Å². The van der Waals surface area contributed by atoms with Crippen LogP contribution in [0.25, 0.3) is 0 Å². The van der Waals surface area contributed by atoms with Gasteiger partial charge in [-0.25, -0.2) is 0 Å². The van der Waals surface area contributed by atoms with Crippen molar-refractivity contribution >= 4 is 11.9 Å². The molecule has 3 atom stereocenters. The van der Waals surface area contributed by atoms with Crippen LogP contribution < -0.4 is 11.1 Å². The van der Waals surface area contributed by atoms with Gasteiger partial charge in [-0.05, 0) is 24.2 Å². The quantitative estimate of drug-likeness (QED) is 0.594. The SMILES string of the molecule is CCC(C)[C@H](N)C(=O)NCC(CC(=O)O)CC(C)C. The fourth-order valence-electron chi connectivity index (χ4n) is 2.03. The van der Waals surface area contributed by atoms with Crippen molar-refractivity contribution < 1.29 is 14.7 Å². The first-order valence-electron chi connectivity index (χ1n) is 7.02. The summed E-state index contributed by atoms with van der Waals surface area (Å²) >= 11 is 0. The van der Waals surface area contributed by atoms with Gasteiger partial charge in [0, 0.05) is 13.0 Å². The molecule has 0 aliphatic carbocycles. The maximum absolute atomic E-state index is 11.8. The van der Waals surface area contributed by atoms with Crippen LogP contribution in [0.5, 0.6) is 0 Å². The Kier molecular flexibility index (Phi) is 8.39. The molecule has 4 N–H and O–H groups in total. The molecule has 0 bridgehead atoms. The molecule has 2 unspecified atom stereocenters. The van der Waals surface area contributed by atoms with E-state index in [0.29, 0.717) is 12.5 Å². The number of carbonyl (C=O) groups excluding carboxylic acids is 1. The fraction of sp³-hybridized carbons (Fsp3) is 0.857. The van der Waals surface area contributed by atoms with E-state index in [1.54, 1.807) is 0 Å². The summed E-state index contributed by atoms with van der Waals surface area (Å²) < 4.78 is 0. The number of hydrogen-bond donors (Lipinski definition) is 3. The maximum atomic E-state index is 11.8. The van der Waals surface area contributed by atoms with Gasteiger partial charge in [-0.3, -0.25) is 9.59 Å². The zero-order chi connectivity index (χ0) is 15.0. The molecule has 0 heterocycles. The number of hydrogen-bond acceptors (Lipinski definition) is 3. The molecule has 0 rings (SSSR count). The van der Waals surface area contributed by atoms with Crippen LogP contribution in [0.2, 0.25) is 0 Å². The monoisotopic (exact) mass is 272 g/mol. The van der Waals surface area contributed by atoms with Crippen LogP contribution in [0.1, 0.15) is 47.0 Å². The van der Waals surface area contributed by atoms with E-state index >= 15 is 0 Å². The van der Waals surface area contributed by atoms with E-state index in [0.717, 1.165) is 12.8 Å². The third-order valence-electron chi connectivity index (χ3n) is 3.39. The summed E-state index contributed by atoms with van der Waals surface area (Å²) in [5.74, 6) is -0.516. The van der Waals surface area contributed by atoms with E-state index in [1.165, 1.54) is 0 Å². The minimum atomic E-state index is -0.828. The molecule has 0 saturated carbocycles. The van der Waals surface area contributed by atoms with Gasteiger partial charge in [-0.1, -0.05) is 34.1 Å². The second-order valence-electron chi connectivity index (χ2n) is 5.75. The van der Waals surface area contributed by atoms with Gasteiger partial charge >= 0.3 is 5.97 Å². The number of carbonyl (C=O) groups is 2. The van der Waals surface area contributed by atoms with Crippen LogP contribution in [-0.4, -0.2) is 29.6 Å². The average molecular weight is 272 g/mol. The van der Waals surface area contributed by atoms with Crippen molar-refractivity contribution in [1.82, 2.24) is 5.32 Å². The van der Waals surface area contributed by atoms with Gasteiger partial charge in [0.15, 0.2) is 0 Å². The first kappa shape index (κ1) is 17.9. The van der Waals surface area contributed by atoms with Crippen molar-refractivity contribution in [3.05, 3.63) is 0 Å². The van der Waals surface area contributed by atoms with Crippen molar-refractivity contribution in [2.45, 2.75) is 53.0 Å². The molecule has 0 aliphatic heterocycles. The highest BCUT2D eigenvalue weighted by atomic mass is 16.4. The zero-order valence-corrected chi connectivity index (χ0v) is 12.5. The second-order valence-corrected chi connectivity index (χ2v) is 5.75. The summed E-state index contributed by atoms with van der Waals surface area (Å²) in [6.07, 6.45) is 1.71. The summed E-state index contributed by atoms with van der Waals surface area (Å²) in [6, 6.07) is -0.519. The van der Waals surface area contributed by atoms with Crippen LogP contribution in [0.15, 0.2) is 0 Å². The molecular weight excluding hydrogens is 244 g/mol. The molecule has 19 heavy (non-hydrogen) atoms. The minimum Gasteiger partial charge on any atom is -0.481 e. The van der Waals surface area contributed by atoms with Crippen molar-refractivity contribution in [3.8, 4) is 0 Å². The summed E-state index contributed by atoms with van der Waals surface area (Å²) in [6.45, 7) is 8.40. The van der Waals surface area contributed by atoms with E-state index in [2.05, 4.69) is 5.32 Å². The lowest BCUT2D eigenvalue weighted by Crippen LogP contribution is -2.46. The van der Waals surface area contributed by atoms with Gasteiger partial charge in [0.1, 0.15) is 0 Å². The number of carboxylic acid groups (broad SMARTS) is 1. The fourth-order valence-corrected chi connectivity index (χ4v) is 2.03. The van der Waals surface area contributed by atoms with Crippen LogP contribution in [0, 0.1) is 17.8 Å². The lowest BCUT2D eigenvalue weighted by atomic mass is 9.93.